The molecule has 25 heavy (non-hydrogen) atoms. The van der Waals surface area contributed by atoms with E-state index in [-0.39, 0.29) is 0 Å². The summed E-state index contributed by atoms with van der Waals surface area (Å²) < 4.78 is 5.50. The minimum absolute atomic E-state index is 0.923. The zero-order chi connectivity index (χ0) is 17.2. The molecule has 0 unspecified atom stereocenters. The number of hydrogen-bond donors (Lipinski definition) is 0. The Balaban J connectivity index is 1.55. The zero-order valence-corrected chi connectivity index (χ0v) is 14.6. The molecule has 0 atom stereocenters. The second-order valence-corrected chi connectivity index (χ2v) is 6.27. The first-order valence-corrected chi connectivity index (χ1v) is 8.62. The number of piperazine rings is 1. The van der Waals surface area contributed by atoms with E-state index in [4.69, 9.17) is 14.7 Å². The molecule has 0 aliphatic carbocycles. The number of fused-ring (bicyclic) bond motifs is 1. The second kappa shape index (κ2) is 6.59. The van der Waals surface area contributed by atoms with Gasteiger partial charge in [0.05, 0.1) is 29.5 Å². The standard InChI is InChI=1S/C20H22N4O/c1-15-20(22-17-8-4-3-7-16(17)21-15)24-13-11-23(12-14-24)18-9-5-6-10-19(18)25-2/h3-10H,11-14H2,1-2H3. The number of ether oxygens (including phenoxy) is 1. The monoisotopic (exact) mass is 334 g/mol. The van der Waals surface area contributed by atoms with Crippen molar-refractivity contribution >= 4 is 22.5 Å². The van der Waals surface area contributed by atoms with Gasteiger partial charge in [0, 0.05) is 26.2 Å². The summed E-state index contributed by atoms with van der Waals surface area (Å²) in [6.45, 7) is 5.77. The molecule has 2 aromatic carbocycles. The number of rotatable bonds is 3. The summed E-state index contributed by atoms with van der Waals surface area (Å²) >= 11 is 0. The molecule has 1 aliphatic rings. The van der Waals surface area contributed by atoms with E-state index in [0.29, 0.717) is 0 Å². The van der Waals surface area contributed by atoms with E-state index in [1.54, 1.807) is 7.11 Å². The van der Waals surface area contributed by atoms with Crippen molar-refractivity contribution in [3.8, 4) is 5.75 Å². The normalized spacial score (nSPS) is 14.8. The van der Waals surface area contributed by atoms with Crippen molar-refractivity contribution in [2.45, 2.75) is 6.92 Å². The first-order chi connectivity index (χ1) is 12.3. The SMILES string of the molecule is COc1ccccc1N1CCN(c2nc3ccccc3nc2C)CC1. The lowest BCUT2D eigenvalue weighted by Gasteiger charge is -2.37. The van der Waals surface area contributed by atoms with Crippen LogP contribution in [0.3, 0.4) is 0 Å². The summed E-state index contributed by atoms with van der Waals surface area (Å²) in [6.07, 6.45) is 0. The molecule has 1 saturated heterocycles. The number of anilines is 2. The van der Waals surface area contributed by atoms with Gasteiger partial charge in [-0.05, 0) is 31.2 Å². The Morgan fingerprint density at radius 3 is 2.12 bits per heavy atom. The van der Waals surface area contributed by atoms with Gasteiger partial charge in [0.2, 0.25) is 0 Å². The smallest absolute Gasteiger partial charge is 0.150 e. The van der Waals surface area contributed by atoms with E-state index >= 15 is 0 Å². The van der Waals surface area contributed by atoms with Crippen molar-refractivity contribution in [2.75, 3.05) is 43.1 Å². The second-order valence-electron chi connectivity index (χ2n) is 6.27. The molecular formula is C20H22N4O. The van der Waals surface area contributed by atoms with E-state index in [1.807, 2.05) is 43.3 Å². The molecule has 3 aromatic rings. The van der Waals surface area contributed by atoms with Gasteiger partial charge in [-0.15, -0.1) is 0 Å². The third-order valence-corrected chi connectivity index (χ3v) is 4.72. The van der Waals surface area contributed by atoms with Crippen LogP contribution in [0.25, 0.3) is 11.0 Å². The number of hydrogen-bond acceptors (Lipinski definition) is 5. The van der Waals surface area contributed by atoms with Crippen molar-refractivity contribution in [1.29, 1.82) is 0 Å². The Morgan fingerprint density at radius 1 is 0.800 bits per heavy atom. The van der Waals surface area contributed by atoms with Crippen LogP contribution in [0.2, 0.25) is 0 Å². The predicted molar refractivity (Wildman–Crippen MR) is 102 cm³/mol. The Hall–Kier alpha value is -2.82. The lowest BCUT2D eigenvalue weighted by atomic mass is 10.2. The molecule has 5 heteroatoms. The maximum Gasteiger partial charge on any atom is 0.150 e. The summed E-state index contributed by atoms with van der Waals surface area (Å²) in [5, 5.41) is 0. The van der Waals surface area contributed by atoms with E-state index < -0.39 is 0 Å². The number of nitrogens with zero attached hydrogens (tertiary/aromatic N) is 4. The van der Waals surface area contributed by atoms with Crippen LogP contribution in [0.1, 0.15) is 5.69 Å². The third-order valence-electron chi connectivity index (χ3n) is 4.72. The van der Waals surface area contributed by atoms with Gasteiger partial charge in [0.15, 0.2) is 5.82 Å². The highest BCUT2D eigenvalue weighted by Crippen LogP contribution is 2.29. The molecule has 0 bridgehead atoms. The summed E-state index contributed by atoms with van der Waals surface area (Å²) in [4.78, 5) is 14.3. The molecule has 5 nitrogen and oxygen atoms in total. The van der Waals surface area contributed by atoms with E-state index in [9.17, 15) is 0 Å². The highest BCUT2D eigenvalue weighted by Gasteiger charge is 2.22. The minimum Gasteiger partial charge on any atom is -0.495 e. The van der Waals surface area contributed by atoms with Gasteiger partial charge in [-0.2, -0.15) is 0 Å². The zero-order valence-electron chi connectivity index (χ0n) is 14.6. The summed E-state index contributed by atoms with van der Waals surface area (Å²) in [5.41, 5.74) is 4.06. The van der Waals surface area contributed by atoms with Gasteiger partial charge in [-0.25, -0.2) is 9.97 Å². The number of methoxy groups -OCH3 is 1. The fourth-order valence-corrected chi connectivity index (χ4v) is 3.43. The molecule has 2 heterocycles. The quantitative estimate of drug-likeness (QED) is 0.735. The maximum atomic E-state index is 5.50. The Kier molecular flexibility index (Phi) is 4.14. The topological polar surface area (TPSA) is 41.5 Å². The third kappa shape index (κ3) is 2.97. The fourth-order valence-electron chi connectivity index (χ4n) is 3.43. The molecule has 0 N–H and O–H groups in total. The highest BCUT2D eigenvalue weighted by molar-refractivity contribution is 5.76. The molecule has 128 valence electrons. The van der Waals surface area contributed by atoms with Crippen LogP contribution in [-0.4, -0.2) is 43.3 Å². The van der Waals surface area contributed by atoms with Gasteiger partial charge in [0.25, 0.3) is 0 Å². The molecule has 0 amide bonds. The van der Waals surface area contributed by atoms with Gasteiger partial charge in [0.1, 0.15) is 5.75 Å². The van der Waals surface area contributed by atoms with Crippen LogP contribution >= 0.6 is 0 Å². The average molecular weight is 334 g/mol. The van der Waals surface area contributed by atoms with E-state index in [1.165, 1.54) is 0 Å². The molecule has 0 saturated carbocycles. The molecular weight excluding hydrogens is 312 g/mol. The molecule has 0 radical (unpaired) electrons. The van der Waals surface area contributed by atoms with Crippen LogP contribution < -0.4 is 14.5 Å². The predicted octanol–water partition coefficient (Wildman–Crippen LogP) is 3.27. The first-order valence-electron chi connectivity index (χ1n) is 8.62. The summed E-state index contributed by atoms with van der Waals surface area (Å²) in [6, 6.07) is 16.2. The van der Waals surface area contributed by atoms with E-state index in [2.05, 4.69) is 21.9 Å². The Bertz CT molecular complexity index is 888. The van der Waals surface area contributed by atoms with Crippen LogP contribution in [0, 0.1) is 6.92 Å². The highest BCUT2D eigenvalue weighted by atomic mass is 16.5. The summed E-state index contributed by atoms with van der Waals surface area (Å²) in [7, 11) is 1.73. The molecule has 1 aromatic heterocycles. The van der Waals surface area contributed by atoms with Gasteiger partial charge in [-0.3, -0.25) is 0 Å². The Labute approximate surface area is 147 Å². The maximum absolute atomic E-state index is 5.50. The number of para-hydroxylation sites is 4. The lowest BCUT2D eigenvalue weighted by Crippen LogP contribution is -2.47. The fraction of sp³-hybridized carbons (Fsp3) is 0.300. The van der Waals surface area contributed by atoms with E-state index in [0.717, 1.165) is 60.2 Å². The molecule has 4 rings (SSSR count). The van der Waals surface area contributed by atoms with Crippen molar-refractivity contribution < 1.29 is 4.74 Å². The average Bonchev–Trinajstić information content (AvgIpc) is 2.67. The lowest BCUT2D eigenvalue weighted by molar-refractivity contribution is 0.413. The van der Waals surface area contributed by atoms with Crippen molar-refractivity contribution in [3.63, 3.8) is 0 Å². The van der Waals surface area contributed by atoms with Crippen molar-refractivity contribution in [2.24, 2.45) is 0 Å². The largest absolute Gasteiger partial charge is 0.495 e. The van der Waals surface area contributed by atoms with Crippen molar-refractivity contribution in [1.82, 2.24) is 9.97 Å². The van der Waals surface area contributed by atoms with Crippen LogP contribution in [0.15, 0.2) is 48.5 Å². The first kappa shape index (κ1) is 15.7. The Morgan fingerprint density at radius 2 is 1.40 bits per heavy atom. The van der Waals surface area contributed by atoms with Crippen molar-refractivity contribution in [3.05, 3.63) is 54.2 Å². The van der Waals surface area contributed by atoms with Crippen LogP contribution in [0.4, 0.5) is 11.5 Å². The van der Waals surface area contributed by atoms with Crippen LogP contribution in [-0.2, 0) is 0 Å². The van der Waals surface area contributed by atoms with Gasteiger partial charge in [-0.1, -0.05) is 24.3 Å². The number of benzene rings is 2. The minimum atomic E-state index is 0.923. The number of aromatic nitrogens is 2. The molecule has 1 aliphatic heterocycles. The van der Waals surface area contributed by atoms with Gasteiger partial charge < -0.3 is 14.5 Å². The van der Waals surface area contributed by atoms with Gasteiger partial charge >= 0.3 is 0 Å². The number of aryl methyl sites for hydroxylation is 1. The molecule has 1 fully saturated rings. The molecule has 0 spiro atoms. The summed E-state index contributed by atoms with van der Waals surface area (Å²) in [5.74, 6) is 1.93. The van der Waals surface area contributed by atoms with Crippen LogP contribution in [0.5, 0.6) is 5.75 Å².